The monoisotopic (exact) mass is 316 g/mol. The third-order valence-electron chi connectivity index (χ3n) is 1.90. The number of nitrogen functional groups attached to an aromatic ring is 1. The van der Waals surface area contributed by atoms with Gasteiger partial charge < -0.3 is 11.1 Å². The molecule has 0 unspecified atom stereocenters. The van der Waals surface area contributed by atoms with Crippen molar-refractivity contribution in [1.29, 1.82) is 0 Å². The largest absolute Gasteiger partial charge is 0.399 e. The van der Waals surface area contributed by atoms with Gasteiger partial charge in [0.05, 0.1) is 11.4 Å². The predicted molar refractivity (Wildman–Crippen MR) is 79.4 cm³/mol. The fourth-order valence-corrected chi connectivity index (χ4v) is 2.23. The smallest absolute Gasteiger partial charge is 0.234 e. The number of amides is 1. The van der Waals surface area contributed by atoms with Crippen LogP contribution in [-0.4, -0.2) is 16.4 Å². The summed E-state index contributed by atoms with van der Waals surface area (Å²) >= 11 is 4.98. The summed E-state index contributed by atoms with van der Waals surface area (Å²) in [5.41, 5.74) is 7.04. The van der Waals surface area contributed by atoms with Crippen molar-refractivity contribution < 1.29 is 4.79 Å². The molecule has 0 aliphatic heterocycles. The Bertz CT molecular complexity index is 415. The quantitative estimate of drug-likeness (QED) is 0.839. The van der Waals surface area contributed by atoms with E-state index in [-0.39, 0.29) is 10.7 Å². The number of anilines is 2. The molecule has 1 aromatic carbocycles. The first kappa shape index (κ1) is 14.4. The Balaban J connectivity index is 2.57. The number of benzene rings is 1. The number of nitrogens with two attached hydrogens (primary N) is 1. The molecule has 3 N–H and O–H groups in total. The van der Waals surface area contributed by atoms with Gasteiger partial charge in [-0.05, 0) is 34.1 Å². The molecule has 0 spiro atoms. The van der Waals surface area contributed by atoms with Crippen molar-refractivity contribution in [3.8, 4) is 0 Å². The van der Waals surface area contributed by atoms with Crippen LogP contribution in [0.15, 0.2) is 22.7 Å². The summed E-state index contributed by atoms with van der Waals surface area (Å²) in [5.74, 6) is 0.440. The van der Waals surface area contributed by atoms with Gasteiger partial charge in [0.15, 0.2) is 0 Å². The van der Waals surface area contributed by atoms with Crippen LogP contribution < -0.4 is 11.1 Å². The molecule has 0 aliphatic carbocycles. The lowest BCUT2D eigenvalue weighted by atomic mass is 10.3. The lowest BCUT2D eigenvalue weighted by Crippen LogP contribution is -2.19. The Morgan fingerprint density at radius 3 is 2.65 bits per heavy atom. The van der Waals surface area contributed by atoms with Crippen LogP contribution in [0.1, 0.15) is 20.8 Å². The van der Waals surface area contributed by atoms with Gasteiger partial charge in [0.25, 0.3) is 0 Å². The maximum absolute atomic E-state index is 11.7. The molecule has 0 atom stereocenters. The van der Waals surface area contributed by atoms with E-state index in [1.807, 2.05) is 0 Å². The Morgan fingerprint density at radius 1 is 1.47 bits per heavy atom. The molecule has 0 radical (unpaired) electrons. The Morgan fingerprint density at radius 2 is 2.12 bits per heavy atom. The van der Waals surface area contributed by atoms with Crippen molar-refractivity contribution in [3.63, 3.8) is 0 Å². The van der Waals surface area contributed by atoms with Crippen LogP contribution in [-0.2, 0) is 4.79 Å². The molecule has 0 saturated carbocycles. The molecule has 17 heavy (non-hydrogen) atoms. The van der Waals surface area contributed by atoms with Crippen LogP contribution in [0.4, 0.5) is 11.4 Å². The van der Waals surface area contributed by atoms with Crippen LogP contribution >= 0.6 is 27.7 Å². The summed E-state index contributed by atoms with van der Waals surface area (Å²) < 4.78 is 0.891. The molecular weight excluding hydrogens is 300 g/mol. The van der Waals surface area contributed by atoms with Crippen LogP contribution in [0, 0.1) is 0 Å². The molecule has 0 heterocycles. The topological polar surface area (TPSA) is 55.1 Å². The second-order valence-corrected chi connectivity index (χ2v) is 7.34. The molecule has 0 bridgehead atoms. The molecule has 5 heteroatoms. The third kappa shape index (κ3) is 5.46. The fraction of sp³-hybridized carbons (Fsp3) is 0.417. The van der Waals surface area contributed by atoms with Gasteiger partial charge in [-0.2, -0.15) is 0 Å². The van der Waals surface area contributed by atoms with Gasteiger partial charge in [-0.15, -0.1) is 11.8 Å². The minimum Gasteiger partial charge on any atom is -0.399 e. The summed E-state index contributed by atoms with van der Waals surface area (Å²) in [6, 6.07) is 5.32. The SMILES string of the molecule is CC(C)(C)SCC(=O)Nc1ccc(N)cc1Br. The Hall–Kier alpha value is -0.680. The number of halogens is 1. The molecule has 0 aliphatic rings. The van der Waals surface area contributed by atoms with Gasteiger partial charge in [-0.1, -0.05) is 20.8 Å². The Labute approximate surface area is 115 Å². The zero-order chi connectivity index (χ0) is 13.1. The fourth-order valence-electron chi connectivity index (χ4n) is 1.10. The van der Waals surface area contributed by atoms with E-state index in [1.54, 1.807) is 30.0 Å². The summed E-state index contributed by atoms with van der Waals surface area (Å²) in [6.45, 7) is 6.26. The van der Waals surface area contributed by atoms with Gasteiger partial charge in [0, 0.05) is 14.9 Å². The predicted octanol–water partition coefficient (Wildman–Crippen LogP) is 3.50. The lowest BCUT2D eigenvalue weighted by Gasteiger charge is -2.17. The summed E-state index contributed by atoms with van der Waals surface area (Å²) in [4.78, 5) is 11.7. The van der Waals surface area contributed by atoms with Crippen LogP contribution in [0.2, 0.25) is 0 Å². The maximum atomic E-state index is 11.7. The average molecular weight is 317 g/mol. The van der Waals surface area contributed by atoms with Crippen LogP contribution in [0.3, 0.4) is 0 Å². The average Bonchev–Trinajstić information content (AvgIpc) is 2.18. The van der Waals surface area contributed by atoms with E-state index in [4.69, 9.17) is 5.73 Å². The van der Waals surface area contributed by atoms with Crippen molar-refractivity contribution in [1.82, 2.24) is 0 Å². The molecule has 3 nitrogen and oxygen atoms in total. The molecule has 0 saturated heterocycles. The second kappa shape index (κ2) is 5.78. The van der Waals surface area contributed by atoms with Crippen molar-refractivity contribution in [2.75, 3.05) is 16.8 Å². The lowest BCUT2D eigenvalue weighted by molar-refractivity contribution is -0.113. The zero-order valence-electron chi connectivity index (χ0n) is 10.2. The number of hydrogen-bond donors (Lipinski definition) is 2. The minimum absolute atomic E-state index is 0.00426. The van der Waals surface area contributed by atoms with Crippen molar-refractivity contribution in [2.45, 2.75) is 25.5 Å². The van der Waals surface area contributed by atoms with E-state index in [2.05, 4.69) is 42.0 Å². The van der Waals surface area contributed by atoms with E-state index < -0.39 is 0 Å². The van der Waals surface area contributed by atoms with Crippen molar-refractivity contribution >= 4 is 45.0 Å². The number of carbonyl (C=O) groups excluding carboxylic acids is 1. The summed E-state index contributed by atoms with van der Waals surface area (Å²) in [6.07, 6.45) is 0. The summed E-state index contributed by atoms with van der Waals surface area (Å²) in [5, 5.41) is 2.85. The van der Waals surface area contributed by atoms with Crippen LogP contribution in [0.5, 0.6) is 0 Å². The van der Waals surface area contributed by atoms with Gasteiger partial charge >= 0.3 is 0 Å². The maximum Gasteiger partial charge on any atom is 0.234 e. The van der Waals surface area contributed by atoms with Gasteiger partial charge in [-0.25, -0.2) is 0 Å². The number of nitrogens with one attached hydrogen (secondary N) is 1. The first-order chi connectivity index (χ1) is 7.78. The molecule has 0 aromatic heterocycles. The van der Waals surface area contributed by atoms with E-state index in [0.29, 0.717) is 11.4 Å². The van der Waals surface area contributed by atoms with Crippen molar-refractivity contribution in [3.05, 3.63) is 22.7 Å². The van der Waals surface area contributed by atoms with Gasteiger partial charge in [0.1, 0.15) is 0 Å². The number of hydrogen-bond acceptors (Lipinski definition) is 3. The van der Waals surface area contributed by atoms with E-state index in [9.17, 15) is 4.79 Å². The number of rotatable bonds is 3. The second-order valence-electron chi connectivity index (χ2n) is 4.69. The first-order valence-corrected chi connectivity index (χ1v) is 7.04. The normalized spacial score (nSPS) is 11.3. The highest BCUT2D eigenvalue weighted by molar-refractivity contribution is 9.10. The Kier molecular flexibility index (Phi) is 4.89. The molecule has 94 valence electrons. The molecule has 0 fully saturated rings. The molecule has 1 aromatic rings. The van der Waals surface area contributed by atoms with Gasteiger partial charge in [0.2, 0.25) is 5.91 Å². The first-order valence-electron chi connectivity index (χ1n) is 5.27. The molecule has 1 amide bonds. The van der Waals surface area contributed by atoms with Crippen LogP contribution in [0.25, 0.3) is 0 Å². The van der Waals surface area contributed by atoms with Gasteiger partial charge in [-0.3, -0.25) is 4.79 Å². The van der Waals surface area contributed by atoms with E-state index in [0.717, 1.165) is 10.2 Å². The highest BCUT2D eigenvalue weighted by atomic mass is 79.9. The molecular formula is C12H17BrN2OS. The third-order valence-corrected chi connectivity index (χ3v) is 3.83. The number of carbonyl (C=O) groups is 1. The minimum atomic E-state index is -0.00426. The standard InChI is InChI=1S/C12H17BrN2OS/c1-12(2,3)17-7-11(16)15-10-5-4-8(14)6-9(10)13/h4-6H,7,14H2,1-3H3,(H,15,16). The highest BCUT2D eigenvalue weighted by Gasteiger charge is 2.14. The number of thioether (sulfide) groups is 1. The highest BCUT2D eigenvalue weighted by Crippen LogP contribution is 2.26. The van der Waals surface area contributed by atoms with E-state index >= 15 is 0 Å². The zero-order valence-corrected chi connectivity index (χ0v) is 12.6. The van der Waals surface area contributed by atoms with Crippen molar-refractivity contribution in [2.24, 2.45) is 0 Å². The van der Waals surface area contributed by atoms with E-state index in [1.165, 1.54) is 0 Å². The summed E-state index contributed by atoms with van der Waals surface area (Å²) in [7, 11) is 0. The molecule has 1 rings (SSSR count).